The number of rotatable bonds is 1. The van der Waals surface area contributed by atoms with E-state index in [-0.39, 0.29) is 16.3 Å². The van der Waals surface area contributed by atoms with Crippen LogP contribution < -0.4 is 5.32 Å². The third kappa shape index (κ3) is 1.45. The molecule has 1 aromatic carbocycles. The summed E-state index contributed by atoms with van der Waals surface area (Å²) in [7, 11) is 0. The van der Waals surface area contributed by atoms with E-state index >= 15 is 0 Å². The Morgan fingerprint density at radius 1 is 1.38 bits per heavy atom. The topological polar surface area (TPSA) is 83.5 Å². The zero-order valence-corrected chi connectivity index (χ0v) is 8.62. The molecule has 0 saturated heterocycles. The van der Waals surface area contributed by atoms with Gasteiger partial charge >= 0.3 is 5.97 Å². The van der Waals surface area contributed by atoms with Crippen LogP contribution in [-0.2, 0) is 9.59 Å². The molecule has 6 heteroatoms. The minimum absolute atomic E-state index is 0.125. The lowest BCUT2D eigenvalue weighted by molar-refractivity contribution is -0.143. The number of fused-ring (bicyclic) bond motifs is 1. The van der Waals surface area contributed by atoms with Crippen molar-refractivity contribution in [1.82, 2.24) is 0 Å². The number of para-hydroxylation sites is 1. The molecule has 82 valence electrons. The number of carboxylic acid groups (broad SMARTS) is 1. The summed E-state index contributed by atoms with van der Waals surface area (Å²) >= 11 is 5.79. The number of benzene rings is 1. The van der Waals surface area contributed by atoms with Crippen LogP contribution in [0.15, 0.2) is 18.2 Å². The lowest BCUT2D eigenvalue weighted by Crippen LogP contribution is -2.40. The number of carboxylic acids is 1. The molecule has 16 heavy (non-hydrogen) atoms. The van der Waals surface area contributed by atoms with E-state index in [0.29, 0.717) is 0 Å². The molecule has 0 saturated carbocycles. The first-order valence-electron chi connectivity index (χ1n) is 4.39. The quantitative estimate of drug-likeness (QED) is 0.721. The highest BCUT2D eigenvalue weighted by molar-refractivity contribution is 6.38. The minimum atomic E-state index is -1.69. The van der Waals surface area contributed by atoms with Crippen molar-refractivity contribution in [2.75, 3.05) is 5.32 Å². The van der Waals surface area contributed by atoms with E-state index in [1.165, 1.54) is 18.2 Å². The average molecular weight is 240 g/mol. The van der Waals surface area contributed by atoms with Crippen LogP contribution in [-0.4, -0.2) is 22.8 Å². The van der Waals surface area contributed by atoms with Gasteiger partial charge in [0, 0.05) is 5.56 Å². The fourth-order valence-corrected chi connectivity index (χ4v) is 1.77. The van der Waals surface area contributed by atoms with Crippen molar-refractivity contribution < 1.29 is 19.5 Å². The van der Waals surface area contributed by atoms with Crippen LogP contribution in [0.4, 0.5) is 5.69 Å². The molecule has 0 fully saturated rings. The highest BCUT2D eigenvalue weighted by Gasteiger charge is 2.40. The van der Waals surface area contributed by atoms with E-state index < -0.39 is 23.6 Å². The van der Waals surface area contributed by atoms with E-state index in [2.05, 4.69) is 5.32 Å². The first kappa shape index (κ1) is 10.6. The Bertz CT molecular complexity index is 512. The molecular weight excluding hydrogens is 234 g/mol. The molecule has 1 heterocycles. The highest BCUT2D eigenvalue weighted by Crippen LogP contribution is 2.32. The van der Waals surface area contributed by atoms with Crippen molar-refractivity contribution in [2.45, 2.75) is 0 Å². The fraction of sp³-hybridized carbons (Fsp3) is 0.100. The Morgan fingerprint density at radius 2 is 2.06 bits per heavy atom. The Kier molecular flexibility index (Phi) is 2.40. The summed E-state index contributed by atoms with van der Waals surface area (Å²) in [4.78, 5) is 33.9. The summed E-state index contributed by atoms with van der Waals surface area (Å²) in [6.07, 6.45) is 0. The molecule has 1 atom stereocenters. The normalized spacial score (nSPS) is 18.9. The van der Waals surface area contributed by atoms with E-state index in [1.807, 2.05) is 0 Å². The summed E-state index contributed by atoms with van der Waals surface area (Å²) in [6, 6.07) is 4.46. The summed E-state index contributed by atoms with van der Waals surface area (Å²) in [5, 5.41) is 11.3. The van der Waals surface area contributed by atoms with Crippen LogP contribution in [0.3, 0.4) is 0 Å². The monoisotopic (exact) mass is 239 g/mol. The molecule has 1 aliphatic rings. The number of hydrogen-bond acceptors (Lipinski definition) is 3. The second-order valence-corrected chi connectivity index (χ2v) is 3.69. The number of aliphatic carboxylic acids is 1. The zero-order valence-electron chi connectivity index (χ0n) is 7.86. The van der Waals surface area contributed by atoms with Crippen LogP contribution in [0.5, 0.6) is 0 Å². The van der Waals surface area contributed by atoms with Crippen molar-refractivity contribution in [2.24, 2.45) is 5.92 Å². The van der Waals surface area contributed by atoms with E-state index in [1.54, 1.807) is 0 Å². The predicted molar refractivity (Wildman–Crippen MR) is 55.5 cm³/mol. The Labute approximate surface area is 95.0 Å². The summed E-state index contributed by atoms with van der Waals surface area (Å²) in [5.74, 6) is -4.76. The van der Waals surface area contributed by atoms with Crippen LogP contribution in [0, 0.1) is 5.92 Å². The van der Waals surface area contributed by atoms with Gasteiger partial charge in [-0.05, 0) is 12.1 Å². The summed E-state index contributed by atoms with van der Waals surface area (Å²) < 4.78 is 0. The number of Topliss-reactive ketones (excluding diaryl/α,β-unsaturated/α-hetero) is 1. The number of hydrogen-bond donors (Lipinski definition) is 2. The molecule has 0 radical (unpaired) electrons. The van der Waals surface area contributed by atoms with Gasteiger partial charge in [-0.2, -0.15) is 0 Å². The van der Waals surface area contributed by atoms with Gasteiger partial charge in [0.2, 0.25) is 5.91 Å². The largest absolute Gasteiger partial charge is 0.480 e. The molecule has 0 bridgehead atoms. The Balaban J connectivity index is 2.58. The molecule has 0 aliphatic carbocycles. The molecular formula is C10H6ClNO4. The van der Waals surface area contributed by atoms with Gasteiger partial charge in [0.25, 0.3) is 0 Å². The second kappa shape index (κ2) is 3.61. The maximum atomic E-state index is 11.7. The fourth-order valence-electron chi connectivity index (χ4n) is 1.55. The maximum absolute atomic E-state index is 11.7. The van der Waals surface area contributed by atoms with E-state index in [0.717, 1.165) is 0 Å². The maximum Gasteiger partial charge on any atom is 0.324 e. The van der Waals surface area contributed by atoms with Gasteiger partial charge in [-0.1, -0.05) is 17.7 Å². The van der Waals surface area contributed by atoms with E-state index in [4.69, 9.17) is 16.7 Å². The Hall–Kier alpha value is -1.88. The van der Waals surface area contributed by atoms with Gasteiger partial charge < -0.3 is 10.4 Å². The smallest absolute Gasteiger partial charge is 0.324 e. The van der Waals surface area contributed by atoms with Gasteiger partial charge in [0.1, 0.15) is 0 Å². The van der Waals surface area contributed by atoms with E-state index in [9.17, 15) is 14.4 Å². The molecule has 2 rings (SSSR count). The number of carbonyl (C=O) groups excluding carboxylic acids is 2. The van der Waals surface area contributed by atoms with Gasteiger partial charge in [0.15, 0.2) is 11.7 Å². The van der Waals surface area contributed by atoms with Crippen molar-refractivity contribution in [3.8, 4) is 0 Å². The summed E-state index contributed by atoms with van der Waals surface area (Å²) in [5.41, 5.74) is 0.302. The molecule has 0 aromatic heterocycles. The summed E-state index contributed by atoms with van der Waals surface area (Å²) in [6.45, 7) is 0. The van der Waals surface area contributed by atoms with Gasteiger partial charge in [0.05, 0.1) is 10.7 Å². The molecule has 1 unspecified atom stereocenters. The van der Waals surface area contributed by atoms with Gasteiger partial charge in [-0.15, -0.1) is 0 Å². The number of carbonyl (C=O) groups is 3. The average Bonchev–Trinajstić information content (AvgIpc) is 2.19. The first-order chi connectivity index (χ1) is 7.52. The molecule has 2 N–H and O–H groups in total. The molecule has 0 spiro atoms. The van der Waals surface area contributed by atoms with Crippen molar-refractivity contribution in [1.29, 1.82) is 0 Å². The second-order valence-electron chi connectivity index (χ2n) is 3.29. The van der Waals surface area contributed by atoms with Crippen LogP contribution in [0.25, 0.3) is 0 Å². The minimum Gasteiger partial charge on any atom is -0.480 e. The third-order valence-electron chi connectivity index (χ3n) is 2.30. The lowest BCUT2D eigenvalue weighted by Gasteiger charge is -2.21. The number of amides is 1. The SMILES string of the molecule is O=C(O)C1C(=O)Nc2c(Cl)cccc2C1=O. The number of nitrogens with one attached hydrogen (secondary N) is 1. The number of halogens is 1. The standard InChI is InChI=1S/C10H6ClNO4/c11-5-3-1-2-4-7(5)12-9(14)6(8(4)13)10(15)16/h1-3,6H,(H,12,14)(H,15,16). The highest BCUT2D eigenvalue weighted by atomic mass is 35.5. The first-order valence-corrected chi connectivity index (χ1v) is 4.76. The predicted octanol–water partition coefficient (Wildman–Crippen LogP) is 1.18. The van der Waals surface area contributed by atoms with Crippen molar-refractivity contribution in [3.63, 3.8) is 0 Å². The number of ketones is 1. The molecule has 1 aromatic rings. The van der Waals surface area contributed by atoms with Gasteiger partial charge in [-0.3, -0.25) is 14.4 Å². The van der Waals surface area contributed by atoms with Crippen LogP contribution >= 0.6 is 11.6 Å². The van der Waals surface area contributed by atoms with Crippen molar-refractivity contribution >= 4 is 34.9 Å². The molecule has 1 aliphatic heterocycles. The molecule has 1 amide bonds. The van der Waals surface area contributed by atoms with Crippen molar-refractivity contribution in [3.05, 3.63) is 28.8 Å². The Morgan fingerprint density at radius 3 is 2.69 bits per heavy atom. The van der Waals surface area contributed by atoms with Gasteiger partial charge in [-0.25, -0.2) is 0 Å². The zero-order chi connectivity index (χ0) is 11.9. The van der Waals surface area contributed by atoms with Crippen LogP contribution in [0.1, 0.15) is 10.4 Å². The third-order valence-corrected chi connectivity index (χ3v) is 2.61. The lowest BCUT2D eigenvalue weighted by atomic mass is 9.92. The van der Waals surface area contributed by atoms with Crippen LogP contribution in [0.2, 0.25) is 5.02 Å². The molecule has 5 nitrogen and oxygen atoms in total. The number of anilines is 1.